The predicted molar refractivity (Wildman–Crippen MR) is 92.9 cm³/mol. The number of alkyl halides is 3. The van der Waals surface area contributed by atoms with Crippen molar-refractivity contribution in [3.8, 4) is 6.07 Å². The molecule has 0 saturated carbocycles. The lowest BCUT2D eigenvalue weighted by Crippen LogP contribution is -2.23. The van der Waals surface area contributed by atoms with Gasteiger partial charge in [0.1, 0.15) is 23.3 Å². The molecule has 0 fully saturated rings. The molecule has 1 amide bonds. The Hall–Kier alpha value is -3.74. The molecule has 0 aliphatic carbocycles. The van der Waals surface area contributed by atoms with E-state index in [1.54, 1.807) is 6.07 Å². The second kappa shape index (κ2) is 8.10. The van der Waals surface area contributed by atoms with Gasteiger partial charge in [0.25, 0.3) is 5.91 Å². The van der Waals surface area contributed by atoms with Crippen molar-refractivity contribution in [2.45, 2.75) is 19.3 Å². The highest BCUT2D eigenvalue weighted by Gasteiger charge is 2.34. The van der Waals surface area contributed by atoms with E-state index in [-0.39, 0.29) is 30.0 Å². The standard InChI is InChI=1S/C19H13F4N5O/c20-16-4-2-12(5-15(16)19(21,22)23)9-28-10-17(27-11-28)18(29)26-8-13-1-3-14(6-24)25-7-13/h1-5,7,10-11H,8-9H2,(H,26,29). The van der Waals surface area contributed by atoms with Crippen LogP contribution in [0.3, 0.4) is 0 Å². The summed E-state index contributed by atoms with van der Waals surface area (Å²) in [6.07, 6.45) is -0.650. The van der Waals surface area contributed by atoms with E-state index in [1.165, 1.54) is 35.4 Å². The largest absolute Gasteiger partial charge is 0.419 e. The number of nitriles is 1. The maximum Gasteiger partial charge on any atom is 0.419 e. The van der Waals surface area contributed by atoms with Crippen molar-refractivity contribution in [1.82, 2.24) is 19.9 Å². The molecular formula is C19H13F4N5O. The van der Waals surface area contributed by atoms with Gasteiger partial charge in [0.15, 0.2) is 0 Å². The molecule has 1 aromatic carbocycles. The third-order valence-electron chi connectivity index (χ3n) is 3.96. The fourth-order valence-corrected chi connectivity index (χ4v) is 2.53. The van der Waals surface area contributed by atoms with Crippen LogP contribution >= 0.6 is 0 Å². The zero-order chi connectivity index (χ0) is 21.0. The quantitative estimate of drug-likeness (QED) is 0.663. The van der Waals surface area contributed by atoms with Crippen LogP contribution in [0.15, 0.2) is 49.1 Å². The first kappa shape index (κ1) is 20.0. The number of pyridine rings is 1. The number of rotatable bonds is 5. The van der Waals surface area contributed by atoms with E-state index in [4.69, 9.17) is 5.26 Å². The van der Waals surface area contributed by atoms with Gasteiger partial charge in [0.05, 0.1) is 11.9 Å². The number of hydrogen-bond acceptors (Lipinski definition) is 4. The first-order valence-electron chi connectivity index (χ1n) is 8.27. The van der Waals surface area contributed by atoms with Crippen molar-refractivity contribution < 1.29 is 22.4 Å². The van der Waals surface area contributed by atoms with Crippen LogP contribution < -0.4 is 5.32 Å². The molecule has 0 bridgehead atoms. The molecule has 0 unspecified atom stereocenters. The van der Waals surface area contributed by atoms with Crippen molar-refractivity contribution in [3.63, 3.8) is 0 Å². The molecule has 1 N–H and O–H groups in total. The lowest BCUT2D eigenvalue weighted by Gasteiger charge is -2.10. The molecule has 3 rings (SSSR count). The Balaban J connectivity index is 1.64. The van der Waals surface area contributed by atoms with Crippen LogP contribution in [0.2, 0.25) is 0 Å². The topological polar surface area (TPSA) is 83.6 Å². The van der Waals surface area contributed by atoms with Gasteiger partial charge in [0.2, 0.25) is 0 Å². The Kier molecular flexibility index (Phi) is 5.59. The molecule has 3 aromatic rings. The third kappa shape index (κ3) is 4.95. The monoisotopic (exact) mass is 403 g/mol. The Bertz CT molecular complexity index is 1070. The van der Waals surface area contributed by atoms with Gasteiger partial charge >= 0.3 is 6.18 Å². The summed E-state index contributed by atoms with van der Waals surface area (Å²) in [4.78, 5) is 20.0. The van der Waals surface area contributed by atoms with Gasteiger partial charge in [-0.2, -0.15) is 18.4 Å². The second-order valence-electron chi connectivity index (χ2n) is 6.09. The summed E-state index contributed by atoms with van der Waals surface area (Å²) in [6.45, 7) is 0.153. The molecule has 29 heavy (non-hydrogen) atoms. The Morgan fingerprint density at radius 2 is 1.93 bits per heavy atom. The summed E-state index contributed by atoms with van der Waals surface area (Å²) >= 11 is 0. The first-order chi connectivity index (χ1) is 13.8. The minimum atomic E-state index is -4.79. The SMILES string of the molecule is N#Cc1ccc(CNC(=O)c2cn(Cc3ccc(F)c(C(F)(F)F)c3)cn2)cn1. The fourth-order valence-electron chi connectivity index (χ4n) is 2.53. The van der Waals surface area contributed by atoms with Crippen molar-refractivity contribution in [1.29, 1.82) is 5.26 Å². The van der Waals surface area contributed by atoms with Crippen LogP contribution in [0.25, 0.3) is 0 Å². The minimum Gasteiger partial charge on any atom is -0.347 e. The van der Waals surface area contributed by atoms with Gasteiger partial charge in [-0.05, 0) is 29.3 Å². The molecule has 0 spiro atoms. The predicted octanol–water partition coefficient (Wildman–Crippen LogP) is 3.29. The summed E-state index contributed by atoms with van der Waals surface area (Å²) < 4.78 is 53.2. The molecule has 6 nitrogen and oxygen atoms in total. The van der Waals surface area contributed by atoms with E-state index in [0.717, 1.165) is 12.1 Å². The molecule has 2 heterocycles. The van der Waals surface area contributed by atoms with Crippen LogP contribution in [-0.2, 0) is 19.3 Å². The number of benzene rings is 1. The number of amides is 1. The third-order valence-corrected chi connectivity index (χ3v) is 3.96. The van der Waals surface area contributed by atoms with E-state index in [1.807, 2.05) is 6.07 Å². The molecular weight excluding hydrogens is 390 g/mol. The van der Waals surface area contributed by atoms with Crippen LogP contribution in [-0.4, -0.2) is 20.4 Å². The number of nitrogens with one attached hydrogen (secondary N) is 1. The lowest BCUT2D eigenvalue weighted by atomic mass is 10.1. The molecule has 2 aromatic heterocycles. The Labute approximate surface area is 162 Å². The Morgan fingerprint density at radius 1 is 1.17 bits per heavy atom. The lowest BCUT2D eigenvalue weighted by molar-refractivity contribution is -0.140. The van der Waals surface area contributed by atoms with E-state index >= 15 is 0 Å². The van der Waals surface area contributed by atoms with Crippen molar-refractivity contribution in [2.24, 2.45) is 0 Å². The zero-order valence-electron chi connectivity index (χ0n) is 14.7. The number of carbonyl (C=O) groups excluding carboxylic acids is 1. The number of halogens is 4. The van der Waals surface area contributed by atoms with Gasteiger partial charge < -0.3 is 9.88 Å². The van der Waals surface area contributed by atoms with Crippen LogP contribution in [0.5, 0.6) is 0 Å². The summed E-state index contributed by atoms with van der Waals surface area (Å²) in [5.41, 5.74) is -0.114. The maximum atomic E-state index is 13.4. The van der Waals surface area contributed by atoms with Crippen molar-refractivity contribution >= 4 is 5.91 Å². The number of aromatic nitrogens is 3. The molecule has 0 aliphatic heterocycles. The highest BCUT2D eigenvalue weighted by molar-refractivity contribution is 5.91. The average molecular weight is 403 g/mol. The Morgan fingerprint density at radius 3 is 2.59 bits per heavy atom. The first-order valence-corrected chi connectivity index (χ1v) is 8.27. The smallest absolute Gasteiger partial charge is 0.347 e. The number of nitrogens with zero attached hydrogens (tertiary/aromatic N) is 4. The summed E-state index contributed by atoms with van der Waals surface area (Å²) in [5, 5.41) is 11.3. The number of carbonyl (C=O) groups is 1. The number of imidazole rings is 1. The molecule has 0 radical (unpaired) electrons. The van der Waals surface area contributed by atoms with Crippen LogP contribution in [0, 0.1) is 17.1 Å². The minimum absolute atomic E-state index is 0.0107. The van der Waals surface area contributed by atoms with E-state index in [2.05, 4.69) is 15.3 Å². The van der Waals surface area contributed by atoms with Gasteiger partial charge in [-0.15, -0.1) is 0 Å². The molecule has 0 atom stereocenters. The zero-order valence-corrected chi connectivity index (χ0v) is 14.7. The molecule has 10 heteroatoms. The highest BCUT2D eigenvalue weighted by Crippen LogP contribution is 2.32. The number of hydrogen-bond donors (Lipinski definition) is 1. The highest BCUT2D eigenvalue weighted by atomic mass is 19.4. The van der Waals surface area contributed by atoms with Crippen molar-refractivity contribution in [3.05, 3.63) is 82.9 Å². The van der Waals surface area contributed by atoms with E-state index in [9.17, 15) is 22.4 Å². The van der Waals surface area contributed by atoms with E-state index < -0.39 is 23.5 Å². The fraction of sp³-hybridized carbons (Fsp3) is 0.158. The molecule has 0 aliphatic rings. The maximum absolute atomic E-state index is 13.4. The average Bonchev–Trinajstić information content (AvgIpc) is 3.15. The summed E-state index contributed by atoms with van der Waals surface area (Å²) in [7, 11) is 0. The normalized spacial score (nSPS) is 11.1. The van der Waals surface area contributed by atoms with Crippen LogP contribution in [0.1, 0.15) is 32.9 Å². The van der Waals surface area contributed by atoms with Gasteiger partial charge in [0, 0.05) is 25.5 Å². The van der Waals surface area contributed by atoms with Crippen LogP contribution in [0.4, 0.5) is 17.6 Å². The van der Waals surface area contributed by atoms with Gasteiger partial charge in [-0.1, -0.05) is 12.1 Å². The van der Waals surface area contributed by atoms with Gasteiger partial charge in [-0.25, -0.2) is 14.4 Å². The second-order valence-corrected chi connectivity index (χ2v) is 6.09. The van der Waals surface area contributed by atoms with Crippen molar-refractivity contribution in [2.75, 3.05) is 0 Å². The van der Waals surface area contributed by atoms with Gasteiger partial charge in [-0.3, -0.25) is 4.79 Å². The molecule has 148 valence electrons. The summed E-state index contributed by atoms with van der Waals surface area (Å²) in [6, 6.07) is 7.79. The molecule has 0 saturated heterocycles. The van der Waals surface area contributed by atoms with E-state index in [0.29, 0.717) is 5.56 Å². The summed E-state index contributed by atoms with van der Waals surface area (Å²) in [5.74, 6) is -1.83.